The summed E-state index contributed by atoms with van der Waals surface area (Å²) in [5.41, 5.74) is 0.799. The second-order valence-corrected chi connectivity index (χ2v) is 6.53. The molecule has 0 N–H and O–H groups in total. The number of hydrogen-bond donors (Lipinski definition) is 0. The van der Waals surface area contributed by atoms with Crippen LogP contribution in [0.15, 0.2) is 12.1 Å². The fourth-order valence-electron chi connectivity index (χ4n) is 2.57. The van der Waals surface area contributed by atoms with Gasteiger partial charge in [0.2, 0.25) is 0 Å². The number of rotatable bonds is 1. The van der Waals surface area contributed by atoms with E-state index >= 15 is 0 Å². The molecule has 3 nitrogen and oxygen atoms in total. The van der Waals surface area contributed by atoms with Crippen LogP contribution in [0.4, 0.5) is 4.39 Å². The zero-order chi connectivity index (χ0) is 14.5. The Labute approximate surface area is 119 Å². The highest BCUT2D eigenvalue weighted by Crippen LogP contribution is 2.37. The summed E-state index contributed by atoms with van der Waals surface area (Å²) in [6.45, 7) is 8.55. The molecule has 20 heavy (non-hydrogen) atoms. The fourth-order valence-corrected chi connectivity index (χ4v) is 2.57. The van der Waals surface area contributed by atoms with E-state index in [1.54, 1.807) is 0 Å². The summed E-state index contributed by atoms with van der Waals surface area (Å²) in [6.07, 6.45) is 1.75. The van der Waals surface area contributed by atoms with Gasteiger partial charge in [-0.3, -0.25) is 0 Å². The van der Waals surface area contributed by atoms with Crippen molar-refractivity contribution in [2.45, 2.75) is 51.7 Å². The highest BCUT2D eigenvalue weighted by atomic mass is 19.1. The largest absolute Gasteiger partial charge is 0.494 e. The van der Waals surface area contributed by atoms with Crippen LogP contribution in [0.25, 0.3) is 0 Å². The molecule has 2 heterocycles. The summed E-state index contributed by atoms with van der Waals surface area (Å²) >= 11 is 0. The zero-order valence-electron chi connectivity index (χ0n) is 12.5. The molecule has 0 aromatic heterocycles. The van der Waals surface area contributed by atoms with Gasteiger partial charge in [0.25, 0.3) is 0 Å². The van der Waals surface area contributed by atoms with Gasteiger partial charge in [-0.15, -0.1) is 0 Å². The summed E-state index contributed by atoms with van der Waals surface area (Å²) < 4.78 is 31.5. The number of fused-ring (bicyclic) bond motifs is 1. The molecule has 1 aromatic rings. The minimum atomic E-state index is -0.526. The lowest BCUT2D eigenvalue weighted by molar-refractivity contribution is 0.00578. The third kappa shape index (κ3) is 2.13. The third-order valence-corrected chi connectivity index (χ3v) is 4.51. The first-order chi connectivity index (χ1) is 9.30. The minimum absolute atomic E-state index is 0.327. The van der Waals surface area contributed by atoms with Crippen LogP contribution in [0.3, 0.4) is 0 Å². The maximum absolute atomic E-state index is 14.1. The molecule has 2 aliphatic rings. The fraction of sp³-hybridized carbons (Fsp3) is 0.600. The molecule has 3 rings (SSSR count). The Kier molecular flexibility index (Phi) is 3.10. The van der Waals surface area contributed by atoms with Gasteiger partial charge in [0.05, 0.1) is 17.8 Å². The number of benzene rings is 1. The molecule has 0 atom stereocenters. The van der Waals surface area contributed by atoms with E-state index in [2.05, 4.69) is 0 Å². The summed E-state index contributed by atoms with van der Waals surface area (Å²) in [5, 5.41) is 0. The predicted molar refractivity (Wildman–Crippen MR) is 75.9 cm³/mol. The van der Waals surface area contributed by atoms with Gasteiger partial charge in [-0.05, 0) is 57.6 Å². The summed E-state index contributed by atoms with van der Waals surface area (Å²) in [6, 6.07) is 3.41. The highest BCUT2D eigenvalue weighted by Gasteiger charge is 2.51. The first-order valence-corrected chi connectivity index (χ1v) is 7.11. The van der Waals surface area contributed by atoms with Gasteiger partial charge < -0.3 is 14.0 Å². The smallest absolute Gasteiger partial charge is 0.490 e. The van der Waals surface area contributed by atoms with Crippen molar-refractivity contribution in [2.75, 3.05) is 6.61 Å². The monoisotopic (exact) mass is 278 g/mol. The maximum Gasteiger partial charge on any atom is 0.494 e. The quantitative estimate of drug-likeness (QED) is 0.738. The first-order valence-electron chi connectivity index (χ1n) is 7.11. The van der Waals surface area contributed by atoms with E-state index in [0.29, 0.717) is 12.4 Å². The molecular weight excluding hydrogens is 258 g/mol. The molecule has 0 aliphatic carbocycles. The normalized spacial score (nSPS) is 23.4. The van der Waals surface area contributed by atoms with E-state index in [1.807, 2.05) is 33.8 Å². The van der Waals surface area contributed by atoms with Gasteiger partial charge >= 0.3 is 7.12 Å². The van der Waals surface area contributed by atoms with Crippen LogP contribution in [-0.4, -0.2) is 24.9 Å². The number of aryl methyl sites for hydroxylation is 1. The van der Waals surface area contributed by atoms with Crippen LogP contribution in [0, 0.1) is 5.82 Å². The van der Waals surface area contributed by atoms with E-state index in [1.165, 1.54) is 6.07 Å². The molecule has 0 bridgehead atoms. The zero-order valence-corrected chi connectivity index (χ0v) is 12.5. The van der Waals surface area contributed by atoms with E-state index in [9.17, 15) is 4.39 Å². The van der Waals surface area contributed by atoms with Crippen molar-refractivity contribution in [2.24, 2.45) is 0 Å². The molecule has 5 heteroatoms. The lowest BCUT2D eigenvalue weighted by atomic mass is 9.77. The van der Waals surface area contributed by atoms with E-state index in [0.717, 1.165) is 23.9 Å². The van der Waals surface area contributed by atoms with Gasteiger partial charge in [-0.2, -0.15) is 0 Å². The van der Waals surface area contributed by atoms with Crippen molar-refractivity contribution in [3.8, 4) is 5.75 Å². The second kappa shape index (κ2) is 4.47. The van der Waals surface area contributed by atoms with Crippen molar-refractivity contribution in [3.05, 3.63) is 23.5 Å². The van der Waals surface area contributed by atoms with Crippen molar-refractivity contribution >= 4 is 12.6 Å². The third-order valence-electron chi connectivity index (χ3n) is 4.51. The average Bonchev–Trinajstić information content (AvgIpc) is 2.58. The molecule has 1 saturated heterocycles. The van der Waals surface area contributed by atoms with Gasteiger partial charge in [0.1, 0.15) is 0 Å². The lowest BCUT2D eigenvalue weighted by Gasteiger charge is -2.32. The van der Waals surface area contributed by atoms with E-state index < -0.39 is 18.3 Å². The maximum atomic E-state index is 14.1. The predicted octanol–water partition coefficient (Wildman–Crippen LogP) is 2.45. The van der Waals surface area contributed by atoms with Gasteiger partial charge in [0.15, 0.2) is 11.6 Å². The van der Waals surface area contributed by atoms with E-state index in [-0.39, 0.29) is 5.82 Å². The number of hydrogen-bond acceptors (Lipinski definition) is 3. The Morgan fingerprint density at radius 2 is 1.75 bits per heavy atom. The van der Waals surface area contributed by atoms with Crippen LogP contribution in [0.5, 0.6) is 5.75 Å². The van der Waals surface area contributed by atoms with Crippen LogP contribution in [0.1, 0.15) is 39.7 Å². The minimum Gasteiger partial charge on any atom is -0.490 e. The Morgan fingerprint density at radius 3 is 2.40 bits per heavy atom. The lowest BCUT2D eigenvalue weighted by Crippen LogP contribution is -2.41. The van der Waals surface area contributed by atoms with Crippen molar-refractivity contribution < 1.29 is 18.4 Å². The molecule has 1 fully saturated rings. The Balaban J connectivity index is 1.94. The standard InChI is InChI=1S/C15H20BFO3/c1-14(2)15(3,4)20-16(19-14)11-8-10-6-5-7-18-13(10)12(17)9-11/h8-9H,5-7H2,1-4H3. The molecule has 0 radical (unpaired) electrons. The molecule has 0 amide bonds. The van der Waals surface area contributed by atoms with Gasteiger partial charge in [-0.25, -0.2) is 4.39 Å². The van der Waals surface area contributed by atoms with Gasteiger partial charge in [0, 0.05) is 0 Å². The molecular formula is C15H20BFO3. The summed E-state index contributed by atoms with van der Waals surface area (Å²) in [4.78, 5) is 0. The molecule has 108 valence electrons. The highest BCUT2D eigenvalue weighted by molar-refractivity contribution is 6.62. The van der Waals surface area contributed by atoms with Gasteiger partial charge in [-0.1, -0.05) is 6.07 Å². The first kappa shape index (κ1) is 13.9. The number of halogens is 1. The van der Waals surface area contributed by atoms with Crippen LogP contribution in [0.2, 0.25) is 0 Å². The summed E-state index contributed by atoms with van der Waals surface area (Å²) in [5.74, 6) is 0.0587. The molecule has 1 aromatic carbocycles. The topological polar surface area (TPSA) is 27.7 Å². The second-order valence-electron chi connectivity index (χ2n) is 6.53. The van der Waals surface area contributed by atoms with Crippen LogP contribution < -0.4 is 10.2 Å². The Bertz CT molecular complexity index is 526. The van der Waals surface area contributed by atoms with Crippen molar-refractivity contribution in [1.29, 1.82) is 0 Å². The average molecular weight is 278 g/mol. The SMILES string of the molecule is CC1(C)OB(c2cc(F)c3c(c2)CCCO3)OC1(C)C. The molecule has 0 unspecified atom stereocenters. The Morgan fingerprint density at radius 1 is 1.10 bits per heavy atom. The van der Waals surface area contributed by atoms with Crippen molar-refractivity contribution in [1.82, 2.24) is 0 Å². The number of ether oxygens (including phenoxy) is 1. The van der Waals surface area contributed by atoms with Crippen LogP contribution >= 0.6 is 0 Å². The Hall–Kier alpha value is -1.07. The molecule has 0 spiro atoms. The summed E-state index contributed by atoms with van der Waals surface area (Å²) in [7, 11) is -0.526. The molecule has 2 aliphatic heterocycles. The van der Waals surface area contributed by atoms with Crippen molar-refractivity contribution in [3.63, 3.8) is 0 Å². The van der Waals surface area contributed by atoms with E-state index in [4.69, 9.17) is 14.0 Å². The van der Waals surface area contributed by atoms with Crippen LogP contribution in [-0.2, 0) is 15.7 Å². The molecule has 0 saturated carbocycles.